The van der Waals surface area contributed by atoms with E-state index in [1.165, 1.54) is 6.07 Å². The molecule has 0 spiro atoms. The molecule has 398 valence electrons. The molecule has 0 bridgehead atoms. The molecular weight excluding hydrogens is 955 g/mol. The molecule has 2 aliphatic heterocycles. The molecule has 0 radical (unpaired) electrons. The highest BCUT2D eigenvalue weighted by Gasteiger charge is 2.42. The van der Waals surface area contributed by atoms with Crippen molar-refractivity contribution in [3.05, 3.63) is 64.0 Å². The second-order valence-electron chi connectivity index (χ2n) is 16.7. The normalized spacial score (nSPS) is 15.9. The number of nitrogens with one attached hydrogen (secondary N) is 6. The minimum atomic E-state index is -0.267. The topological polar surface area (TPSA) is 307 Å². The smallest absolute Gasteiger partial charge is 0.315 e. The minimum Gasteiger partial charge on any atom is -0.506 e. The molecule has 4 rings (SSSR count). The molecule has 2 fully saturated rings. The average Bonchev–Trinajstić information content (AvgIpc) is 3.94. The van der Waals surface area contributed by atoms with E-state index < -0.39 is 0 Å². The number of amides is 6. The predicted molar refractivity (Wildman–Crippen MR) is 270 cm³/mol. The van der Waals surface area contributed by atoms with Crippen LogP contribution in [-0.4, -0.2) is 170 Å². The van der Waals surface area contributed by atoms with E-state index in [-0.39, 0.29) is 72.6 Å². The van der Waals surface area contributed by atoms with E-state index in [0.29, 0.717) is 148 Å². The molecule has 24 heteroatoms. The van der Waals surface area contributed by atoms with Gasteiger partial charge in [0, 0.05) is 86.7 Å². The Morgan fingerprint density at radius 3 is 1.88 bits per heavy atom. The van der Waals surface area contributed by atoms with Gasteiger partial charge in [-0.2, -0.15) is 16.9 Å². The number of ether oxygens (including phenoxy) is 6. The van der Waals surface area contributed by atoms with Gasteiger partial charge in [-0.1, -0.05) is 17.6 Å². The molecule has 2 saturated heterocycles. The van der Waals surface area contributed by atoms with Crippen molar-refractivity contribution >= 4 is 52.8 Å². The average molecular weight is 1030 g/mol. The molecule has 2 aromatic rings. The number of unbranched alkanes of at least 4 members (excludes halogenated alkanes) is 1. The lowest BCUT2D eigenvalue weighted by atomic mass is 10.0. The molecule has 72 heavy (non-hydrogen) atoms. The Kier molecular flexibility index (Phi) is 30.5. The Balaban J connectivity index is 0.898. The van der Waals surface area contributed by atoms with Gasteiger partial charge in [-0.25, -0.2) is 4.79 Å². The number of fused-ring (bicyclic) bond motifs is 1. The van der Waals surface area contributed by atoms with Crippen LogP contribution >= 0.6 is 11.8 Å². The van der Waals surface area contributed by atoms with E-state index in [9.17, 15) is 29.1 Å². The Bertz CT molecular complexity index is 2000. The van der Waals surface area contributed by atoms with E-state index in [2.05, 4.69) is 52.2 Å². The van der Waals surface area contributed by atoms with Crippen LogP contribution in [0.5, 0.6) is 5.75 Å². The maximum absolute atomic E-state index is 12.5. The van der Waals surface area contributed by atoms with E-state index in [0.717, 1.165) is 37.0 Å². The van der Waals surface area contributed by atoms with E-state index in [4.69, 9.17) is 34.0 Å². The van der Waals surface area contributed by atoms with Crippen molar-refractivity contribution in [3.8, 4) is 5.75 Å². The van der Waals surface area contributed by atoms with Crippen LogP contribution in [0.2, 0.25) is 0 Å². The zero-order valence-corrected chi connectivity index (χ0v) is 42.0. The zero-order valence-electron chi connectivity index (χ0n) is 41.2. The number of azo groups is 1. The number of phenolic OH excluding ortho intramolecular Hbond substituents is 1. The quantitative estimate of drug-likeness (QED) is 0.0159. The number of nitrogens with zero attached hydrogens (tertiary/aromatic N) is 5. The van der Waals surface area contributed by atoms with Crippen LogP contribution in [-0.2, 0) is 49.2 Å². The second-order valence-corrected chi connectivity index (χ2v) is 18.0. The number of aromatic hydroxyl groups is 1. The number of urea groups is 1. The van der Waals surface area contributed by atoms with Gasteiger partial charge < -0.3 is 65.4 Å². The number of carbonyl (C=O) groups excluding carboxylic acids is 5. The summed E-state index contributed by atoms with van der Waals surface area (Å²) in [5, 5.41) is 39.9. The predicted octanol–water partition coefficient (Wildman–Crippen LogP) is 4.51. The fourth-order valence-electron chi connectivity index (χ4n) is 7.27. The molecule has 0 unspecified atom stereocenters. The third-order valence-corrected chi connectivity index (χ3v) is 12.6. The van der Waals surface area contributed by atoms with Crippen LogP contribution in [0, 0.1) is 0 Å². The van der Waals surface area contributed by atoms with Crippen LogP contribution in [0.4, 0.5) is 16.2 Å². The third-order valence-electron chi connectivity index (χ3n) is 11.1. The molecule has 2 aliphatic rings. The van der Waals surface area contributed by atoms with Gasteiger partial charge in [0.05, 0.1) is 83.8 Å². The highest BCUT2D eigenvalue weighted by molar-refractivity contribution is 8.00. The third kappa shape index (κ3) is 26.2. The minimum absolute atomic E-state index is 0.0529. The van der Waals surface area contributed by atoms with Gasteiger partial charge in [-0.05, 0) is 86.0 Å². The molecule has 6 amide bonds. The summed E-state index contributed by atoms with van der Waals surface area (Å²) in [4.78, 5) is 63.4. The summed E-state index contributed by atoms with van der Waals surface area (Å²) in [5.41, 5.74) is 10.2. The lowest BCUT2D eigenvalue weighted by Crippen LogP contribution is -2.36. The fourth-order valence-corrected chi connectivity index (χ4v) is 8.81. The van der Waals surface area contributed by atoms with E-state index in [1.807, 2.05) is 11.8 Å². The first-order valence-corrected chi connectivity index (χ1v) is 25.8. The second kappa shape index (κ2) is 37.2. The van der Waals surface area contributed by atoms with Gasteiger partial charge in [0.25, 0.3) is 5.91 Å². The van der Waals surface area contributed by atoms with Gasteiger partial charge in [0.15, 0.2) is 0 Å². The van der Waals surface area contributed by atoms with Crippen molar-refractivity contribution in [3.63, 3.8) is 0 Å². The van der Waals surface area contributed by atoms with Crippen molar-refractivity contribution in [2.75, 3.05) is 118 Å². The molecule has 2 aromatic carbocycles. The number of thioether (sulfide) groups is 1. The van der Waals surface area contributed by atoms with Gasteiger partial charge in [-0.3, -0.25) is 19.2 Å². The number of phenols is 1. The summed E-state index contributed by atoms with van der Waals surface area (Å²) < 4.78 is 32.8. The summed E-state index contributed by atoms with van der Waals surface area (Å²) in [6.07, 6.45) is 6.04. The van der Waals surface area contributed by atoms with Crippen molar-refractivity contribution in [1.82, 2.24) is 31.9 Å². The molecular formula is C48H73N11O12S. The van der Waals surface area contributed by atoms with Crippen molar-refractivity contribution in [2.45, 2.75) is 81.5 Å². The molecule has 23 nitrogen and oxygen atoms in total. The largest absolute Gasteiger partial charge is 0.506 e. The summed E-state index contributed by atoms with van der Waals surface area (Å²) >= 11 is 1.89. The van der Waals surface area contributed by atoms with Gasteiger partial charge in [-0.15, -0.1) is 5.11 Å². The van der Waals surface area contributed by atoms with Crippen molar-refractivity contribution < 1.29 is 57.5 Å². The Morgan fingerprint density at radius 1 is 0.653 bits per heavy atom. The number of rotatable bonds is 41. The lowest BCUT2D eigenvalue weighted by molar-refractivity contribution is -0.123. The summed E-state index contributed by atoms with van der Waals surface area (Å²) in [6.45, 7) is 6.99. The standard InChI is InChI=1S/C48H73N11O12S/c49-59-54-21-25-69-29-33-71-32-28-68-24-20-53-47(64)37-11-13-38(14-12-37)57-58-39-34-36(10-15-41(39)60)16-19-52-45(63)9-3-8-44(62)51-18-5-23-67-27-31-70-30-26-66-22-4-17-50-43(61)7-2-1-6-42-46-40(35-72-42)55-48(65)56-46/h10-15,34,40,42,46,60H,1-9,16-33,35H2,(H,50,61)(H,51,62)(H,52,63)(H,53,64)(H2,55,56,65)/t40-,42-,46-/m0/s1. The van der Waals surface area contributed by atoms with Crippen LogP contribution in [0.3, 0.4) is 0 Å². The van der Waals surface area contributed by atoms with Crippen LogP contribution in [0.15, 0.2) is 57.8 Å². The lowest BCUT2D eigenvalue weighted by Gasteiger charge is -2.16. The zero-order chi connectivity index (χ0) is 51.3. The Hall–Kier alpha value is -5.59. The number of carbonyl (C=O) groups is 5. The first-order valence-electron chi connectivity index (χ1n) is 24.8. The number of hydrogen-bond donors (Lipinski definition) is 7. The molecule has 7 N–H and O–H groups in total. The molecule has 0 aliphatic carbocycles. The summed E-state index contributed by atoms with van der Waals surface area (Å²) in [5.74, 6) is 0.397. The Labute approximate surface area is 425 Å². The van der Waals surface area contributed by atoms with Crippen molar-refractivity contribution in [1.29, 1.82) is 0 Å². The SMILES string of the molecule is [N-]=[N+]=NCCOCCOCCOCCNC(=O)c1ccc(N=Nc2cc(CCNC(=O)CCCC(=O)NCCCOCCOCCOCCCNC(=O)CCCC[C@@H]3SC[C@@H]4NC(=O)N[C@@H]43)ccc2O)cc1. The van der Waals surface area contributed by atoms with Crippen molar-refractivity contribution in [2.24, 2.45) is 15.3 Å². The molecule has 0 saturated carbocycles. The van der Waals surface area contributed by atoms with E-state index >= 15 is 0 Å². The fraction of sp³-hybridized carbons (Fsp3) is 0.646. The first kappa shape index (κ1) is 59.0. The van der Waals surface area contributed by atoms with Gasteiger partial charge >= 0.3 is 6.03 Å². The number of azide groups is 1. The monoisotopic (exact) mass is 1030 g/mol. The molecule has 0 aromatic heterocycles. The maximum atomic E-state index is 12.5. The van der Waals surface area contributed by atoms with Crippen LogP contribution in [0.1, 0.15) is 73.7 Å². The summed E-state index contributed by atoms with van der Waals surface area (Å²) in [6, 6.07) is 11.8. The Morgan fingerprint density at radius 2 is 1.24 bits per heavy atom. The van der Waals surface area contributed by atoms with E-state index in [1.54, 1.807) is 36.4 Å². The maximum Gasteiger partial charge on any atom is 0.315 e. The van der Waals surface area contributed by atoms with Gasteiger partial charge in [0.1, 0.15) is 11.4 Å². The van der Waals surface area contributed by atoms with Crippen LogP contribution < -0.4 is 31.9 Å². The van der Waals surface area contributed by atoms with Crippen LogP contribution in [0.25, 0.3) is 10.4 Å². The molecule has 2 heterocycles. The highest BCUT2D eigenvalue weighted by atomic mass is 32.2. The molecule has 3 atom stereocenters. The highest BCUT2D eigenvalue weighted by Crippen LogP contribution is 2.33. The first-order chi connectivity index (χ1) is 35.2. The number of hydrogen-bond acceptors (Lipinski definition) is 16. The van der Waals surface area contributed by atoms with Gasteiger partial charge in [0.2, 0.25) is 17.7 Å². The number of benzene rings is 2. The summed E-state index contributed by atoms with van der Waals surface area (Å²) in [7, 11) is 0.